The zero-order valence-electron chi connectivity index (χ0n) is 9.53. The first-order valence-corrected chi connectivity index (χ1v) is 6.39. The first kappa shape index (κ1) is 10.8. The van der Waals surface area contributed by atoms with Crippen molar-refractivity contribution in [1.82, 2.24) is 4.57 Å². The van der Waals surface area contributed by atoms with Crippen molar-refractivity contribution >= 4 is 28.8 Å². The smallest absolute Gasteiger partial charge is 0.166 e. The van der Waals surface area contributed by atoms with Gasteiger partial charge in [-0.3, -0.25) is 4.79 Å². The minimum absolute atomic E-state index is 0.725. The molecule has 2 nitrogen and oxygen atoms in total. The summed E-state index contributed by atoms with van der Waals surface area (Å²) in [5.41, 5.74) is 1.83. The van der Waals surface area contributed by atoms with E-state index in [4.69, 9.17) is 11.6 Å². The van der Waals surface area contributed by atoms with Crippen LogP contribution in [-0.2, 0) is 6.54 Å². The molecule has 1 aromatic carbocycles. The summed E-state index contributed by atoms with van der Waals surface area (Å²) in [5, 5.41) is 1.82. The van der Waals surface area contributed by atoms with Gasteiger partial charge in [0.15, 0.2) is 6.29 Å². The highest BCUT2D eigenvalue weighted by Crippen LogP contribution is 2.31. The van der Waals surface area contributed by atoms with E-state index in [0.29, 0.717) is 0 Å². The number of hydrogen-bond acceptors (Lipinski definition) is 1. The molecule has 0 bridgehead atoms. The second-order valence-electron chi connectivity index (χ2n) is 4.80. The quantitative estimate of drug-likeness (QED) is 0.754. The average Bonchev–Trinajstić information content (AvgIpc) is 2.61. The van der Waals surface area contributed by atoms with E-state index in [-0.39, 0.29) is 0 Å². The van der Waals surface area contributed by atoms with Crippen LogP contribution in [0.15, 0.2) is 24.3 Å². The van der Waals surface area contributed by atoms with Crippen LogP contribution in [-0.4, -0.2) is 10.9 Å². The highest BCUT2D eigenvalue weighted by molar-refractivity contribution is 6.31. The Morgan fingerprint density at radius 2 is 2.18 bits per heavy atom. The summed E-state index contributed by atoms with van der Waals surface area (Å²) < 4.78 is 2.11. The number of hydrogen-bond donors (Lipinski definition) is 0. The van der Waals surface area contributed by atoms with Crippen LogP contribution in [0, 0.1) is 5.92 Å². The Labute approximate surface area is 105 Å². The molecule has 1 saturated carbocycles. The van der Waals surface area contributed by atoms with Crippen LogP contribution >= 0.6 is 11.6 Å². The van der Waals surface area contributed by atoms with E-state index in [1.54, 1.807) is 0 Å². The Balaban J connectivity index is 2.10. The lowest BCUT2D eigenvalue weighted by molar-refractivity contribution is 0.111. The van der Waals surface area contributed by atoms with Crippen LogP contribution in [0.2, 0.25) is 5.02 Å². The normalized spacial score (nSPS) is 16.1. The summed E-state index contributed by atoms with van der Waals surface area (Å²) in [6.07, 6.45) is 4.81. The van der Waals surface area contributed by atoms with Gasteiger partial charge in [-0.05, 0) is 37.0 Å². The number of benzene rings is 1. The van der Waals surface area contributed by atoms with E-state index in [2.05, 4.69) is 4.57 Å². The van der Waals surface area contributed by atoms with Gasteiger partial charge in [-0.25, -0.2) is 0 Å². The molecule has 3 rings (SSSR count). The molecule has 0 N–H and O–H groups in total. The van der Waals surface area contributed by atoms with Gasteiger partial charge in [0.25, 0.3) is 0 Å². The van der Waals surface area contributed by atoms with Gasteiger partial charge in [-0.15, -0.1) is 0 Å². The van der Waals surface area contributed by atoms with E-state index in [0.717, 1.165) is 40.4 Å². The molecule has 0 atom stereocenters. The van der Waals surface area contributed by atoms with E-state index >= 15 is 0 Å². The fraction of sp³-hybridized carbons (Fsp3) is 0.357. The molecule has 1 aromatic heterocycles. The maximum Gasteiger partial charge on any atom is 0.166 e. The van der Waals surface area contributed by atoms with Crippen molar-refractivity contribution in [3.63, 3.8) is 0 Å². The summed E-state index contributed by atoms with van der Waals surface area (Å²) in [5.74, 6) is 0.725. The van der Waals surface area contributed by atoms with Gasteiger partial charge in [-0.2, -0.15) is 0 Å². The van der Waals surface area contributed by atoms with E-state index in [9.17, 15) is 4.79 Å². The first-order valence-electron chi connectivity index (χ1n) is 6.02. The summed E-state index contributed by atoms with van der Waals surface area (Å²) >= 11 is 6.03. The number of nitrogens with zero attached hydrogens (tertiary/aromatic N) is 1. The molecule has 1 aliphatic carbocycles. The molecule has 2 aromatic rings. The predicted molar refractivity (Wildman–Crippen MR) is 69.7 cm³/mol. The standard InChI is InChI=1S/C14H14ClNO/c15-12-5-4-11-6-13(9-17)16(14(11)7-12)8-10-2-1-3-10/h4-7,9-10H,1-3,8H2. The fourth-order valence-corrected chi connectivity index (χ4v) is 2.65. The minimum Gasteiger partial charge on any atom is -0.338 e. The average molecular weight is 248 g/mol. The third-order valence-corrected chi connectivity index (χ3v) is 3.92. The van der Waals surface area contributed by atoms with Crippen molar-refractivity contribution in [3.8, 4) is 0 Å². The maximum atomic E-state index is 11.1. The van der Waals surface area contributed by atoms with E-state index < -0.39 is 0 Å². The lowest BCUT2D eigenvalue weighted by atomic mass is 9.85. The molecule has 0 amide bonds. The Hall–Kier alpha value is -1.28. The molecule has 3 heteroatoms. The molecular weight excluding hydrogens is 234 g/mol. The predicted octanol–water partition coefficient (Wildman–Crippen LogP) is 3.91. The summed E-state index contributed by atoms with van der Waals surface area (Å²) in [7, 11) is 0. The zero-order chi connectivity index (χ0) is 11.8. The lowest BCUT2D eigenvalue weighted by Crippen LogP contribution is -2.19. The van der Waals surface area contributed by atoms with Crippen molar-refractivity contribution in [2.24, 2.45) is 5.92 Å². The number of fused-ring (bicyclic) bond motifs is 1. The van der Waals surface area contributed by atoms with Gasteiger partial charge in [-0.1, -0.05) is 24.1 Å². The zero-order valence-corrected chi connectivity index (χ0v) is 10.3. The Morgan fingerprint density at radius 1 is 1.35 bits per heavy atom. The van der Waals surface area contributed by atoms with Crippen molar-refractivity contribution in [1.29, 1.82) is 0 Å². The molecule has 1 aliphatic rings. The van der Waals surface area contributed by atoms with Crippen LogP contribution < -0.4 is 0 Å². The monoisotopic (exact) mass is 247 g/mol. The molecule has 1 fully saturated rings. The minimum atomic E-state index is 0.725. The second kappa shape index (κ2) is 4.19. The fourth-order valence-electron chi connectivity index (χ4n) is 2.48. The SMILES string of the molecule is O=Cc1cc2ccc(Cl)cc2n1CC1CCC1. The van der Waals surface area contributed by atoms with Crippen LogP contribution in [0.4, 0.5) is 0 Å². The Kier molecular flexibility index (Phi) is 2.67. The van der Waals surface area contributed by atoms with Gasteiger partial charge in [0.05, 0.1) is 11.2 Å². The van der Waals surface area contributed by atoms with Crippen LogP contribution in [0.3, 0.4) is 0 Å². The van der Waals surface area contributed by atoms with Crippen molar-refractivity contribution in [2.75, 3.05) is 0 Å². The highest BCUT2D eigenvalue weighted by atomic mass is 35.5. The summed E-state index contributed by atoms with van der Waals surface area (Å²) in [6, 6.07) is 7.73. The summed E-state index contributed by atoms with van der Waals surface area (Å²) in [4.78, 5) is 11.1. The number of carbonyl (C=O) groups is 1. The maximum absolute atomic E-state index is 11.1. The third kappa shape index (κ3) is 1.87. The molecule has 1 heterocycles. The van der Waals surface area contributed by atoms with Gasteiger partial charge in [0.2, 0.25) is 0 Å². The van der Waals surface area contributed by atoms with Crippen molar-refractivity contribution in [2.45, 2.75) is 25.8 Å². The van der Waals surface area contributed by atoms with Gasteiger partial charge in [0, 0.05) is 17.0 Å². The van der Waals surface area contributed by atoms with Crippen molar-refractivity contribution in [3.05, 3.63) is 35.0 Å². The third-order valence-electron chi connectivity index (χ3n) is 3.68. The number of rotatable bonds is 3. The van der Waals surface area contributed by atoms with Crippen molar-refractivity contribution < 1.29 is 4.79 Å². The first-order chi connectivity index (χ1) is 8.28. The van der Waals surface area contributed by atoms with Crippen LogP contribution in [0.1, 0.15) is 29.8 Å². The molecule has 88 valence electrons. The number of carbonyl (C=O) groups excluding carboxylic acids is 1. The second-order valence-corrected chi connectivity index (χ2v) is 5.23. The van der Waals surface area contributed by atoms with Gasteiger partial charge in [0.1, 0.15) is 0 Å². The van der Waals surface area contributed by atoms with Crippen LogP contribution in [0.25, 0.3) is 10.9 Å². The topological polar surface area (TPSA) is 22.0 Å². The van der Waals surface area contributed by atoms with E-state index in [1.165, 1.54) is 19.3 Å². The van der Waals surface area contributed by atoms with Gasteiger partial charge >= 0.3 is 0 Å². The molecule has 17 heavy (non-hydrogen) atoms. The largest absolute Gasteiger partial charge is 0.338 e. The molecule has 0 saturated heterocycles. The highest BCUT2D eigenvalue weighted by Gasteiger charge is 2.20. The molecular formula is C14H14ClNO. The number of aldehydes is 1. The molecule has 0 aliphatic heterocycles. The molecule has 0 spiro atoms. The Morgan fingerprint density at radius 3 is 2.82 bits per heavy atom. The Bertz CT molecular complexity index is 569. The molecule has 0 radical (unpaired) electrons. The van der Waals surface area contributed by atoms with Gasteiger partial charge < -0.3 is 4.57 Å². The number of halogens is 1. The molecule has 0 unspecified atom stereocenters. The van der Waals surface area contributed by atoms with E-state index in [1.807, 2.05) is 24.3 Å². The number of aromatic nitrogens is 1. The van der Waals surface area contributed by atoms with Crippen LogP contribution in [0.5, 0.6) is 0 Å². The lowest BCUT2D eigenvalue weighted by Gasteiger charge is -2.26. The summed E-state index contributed by atoms with van der Waals surface area (Å²) in [6.45, 7) is 0.942.